The van der Waals surface area contributed by atoms with E-state index in [1.165, 1.54) is 12.1 Å². The van der Waals surface area contributed by atoms with Gasteiger partial charge in [-0.2, -0.15) is 0 Å². The number of nitrogens with one attached hydrogen (secondary N) is 1. The van der Waals surface area contributed by atoms with E-state index in [4.69, 9.17) is 0 Å². The Kier molecular flexibility index (Phi) is 8.97. The lowest BCUT2D eigenvalue weighted by Gasteiger charge is -2.32. The first-order chi connectivity index (χ1) is 16.4. The quantitative estimate of drug-likeness (QED) is 0.450. The van der Waals surface area contributed by atoms with E-state index in [0.29, 0.717) is 18.5 Å². The first-order valence-corrected chi connectivity index (χ1v) is 11.8. The van der Waals surface area contributed by atoms with E-state index in [1.54, 1.807) is 17.0 Å². The number of amides is 2. The molecule has 2 amide bonds. The molecule has 34 heavy (non-hydrogen) atoms. The van der Waals surface area contributed by atoms with Crippen molar-refractivity contribution in [2.45, 2.75) is 58.7 Å². The van der Waals surface area contributed by atoms with Gasteiger partial charge < -0.3 is 10.2 Å². The van der Waals surface area contributed by atoms with Crippen LogP contribution in [-0.4, -0.2) is 28.8 Å². The summed E-state index contributed by atoms with van der Waals surface area (Å²) in [4.78, 5) is 28.7. The van der Waals surface area contributed by atoms with Gasteiger partial charge in [-0.1, -0.05) is 79.2 Å². The highest BCUT2D eigenvalue weighted by atomic mass is 19.1. The molecule has 178 valence electrons. The van der Waals surface area contributed by atoms with Gasteiger partial charge in [0.15, 0.2) is 0 Å². The zero-order valence-electron chi connectivity index (χ0n) is 20.1. The fourth-order valence-electron chi connectivity index (χ4n) is 3.76. The molecule has 0 heterocycles. The van der Waals surface area contributed by atoms with Crippen LogP contribution in [0.15, 0.2) is 78.9 Å². The Bertz CT molecular complexity index is 1070. The molecule has 5 heteroatoms. The second-order valence-corrected chi connectivity index (χ2v) is 8.83. The van der Waals surface area contributed by atoms with Crippen molar-refractivity contribution in [3.8, 4) is 0 Å². The highest BCUT2D eigenvalue weighted by Crippen LogP contribution is 2.17. The number of nitrogens with zero attached hydrogens (tertiary/aromatic N) is 1. The Hall–Kier alpha value is -3.47. The maximum Gasteiger partial charge on any atom is 0.243 e. The van der Waals surface area contributed by atoms with Crippen LogP contribution in [0.3, 0.4) is 0 Å². The molecule has 0 aliphatic carbocycles. The molecule has 0 unspecified atom stereocenters. The van der Waals surface area contributed by atoms with Crippen LogP contribution in [0.4, 0.5) is 4.39 Å². The number of benzene rings is 3. The van der Waals surface area contributed by atoms with Gasteiger partial charge in [-0.05, 0) is 49.1 Å². The van der Waals surface area contributed by atoms with Crippen molar-refractivity contribution in [1.29, 1.82) is 0 Å². The van der Waals surface area contributed by atoms with Crippen molar-refractivity contribution >= 4 is 11.8 Å². The van der Waals surface area contributed by atoms with Gasteiger partial charge >= 0.3 is 0 Å². The van der Waals surface area contributed by atoms with E-state index in [0.717, 1.165) is 23.1 Å². The van der Waals surface area contributed by atoms with Gasteiger partial charge in [0.2, 0.25) is 11.8 Å². The predicted octanol–water partition coefficient (Wildman–Crippen LogP) is 5.23. The molecule has 0 spiro atoms. The van der Waals surface area contributed by atoms with E-state index >= 15 is 0 Å². The summed E-state index contributed by atoms with van der Waals surface area (Å²) in [6.45, 7) is 6.30. The summed E-state index contributed by atoms with van der Waals surface area (Å²) in [5.41, 5.74) is 3.77. The Morgan fingerprint density at radius 1 is 0.882 bits per heavy atom. The van der Waals surface area contributed by atoms with Crippen molar-refractivity contribution in [3.63, 3.8) is 0 Å². The zero-order valence-corrected chi connectivity index (χ0v) is 20.1. The number of aryl methyl sites for hydroxylation is 1. The highest BCUT2D eigenvalue weighted by molar-refractivity contribution is 5.89. The summed E-state index contributed by atoms with van der Waals surface area (Å²) in [6, 6.07) is 23.0. The fourth-order valence-corrected chi connectivity index (χ4v) is 3.76. The van der Waals surface area contributed by atoms with E-state index in [-0.39, 0.29) is 30.1 Å². The zero-order chi connectivity index (χ0) is 24.5. The summed E-state index contributed by atoms with van der Waals surface area (Å²) < 4.78 is 13.4. The molecule has 0 saturated heterocycles. The molecular formula is C29H33FN2O2. The molecule has 0 aliphatic heterocycles. The van der Waals surface area contributed by atoms with Crippen LogP contribution in [-0.2, 0) is 29.0 Å². The minimum atomic E-state index is -0.675. The number of carbonyl (C=O) groups is 2. The Labute approximate surface area is 201 Å². The van der Waals surface area contributed by atoms with Gasteiger partial charge in [0.1, 0.15) is 11.9 Å². The van der Waals surface area contributed by atoms with Crippen LogP contribution in [0.2, 0.25) is 0 Å². The molecule has 0 fully saturated rings. The van der Waals surface area contributed by atoms with Gasteiger partial charge in [-0.3, -0.25) is 9.59 Å². The third kappa shape index (κ3) is 7.27. The lowest BCUT2D eigenvalue weighted by molar-refractivity contribution is -0.141. The summed E-state index contributed by atoms with van der Waals surface area (Å²) >= 11 is 0. The average molecular weight is 461 g/mol. The minimum Gasteiger partial charge on any atom is -0.352 e. The third-order valence-corrected chi connectivity index (χ3v) is 6.01. The predicted molar refractivity (Wildman–Crippen MR) is 134 cm³/mol. The average Bonchev–Trinajstić information content (AvgIpc) is 2.84. The number of hydrogen-bond donors (Lipinski definition) is 1. The van der Waals surface area contributed by atoms with Crippen molar-refractivity contribution in [1.82, 2.24) is 10.2 Å². The first-order valence-electron chi connectivity index (χ1n) is 11.8. The fraction of sp³-hybridized carbons (Fsp3) is 0.310. The molecule has 0 saturated carbocycles. The summed E-state index contributed by atoms with van der Waals surface area (Å²) in [6.07, 6.45) is 1.30. The van der Waals surface area contributed by atoms with Crippen LogP contribution in [0.25, 0.3) is 0 Å². The van der Waals surface area contributed by atoms with E-state index < -0.39 is 6.04 Å². The van der Waals surface area contributed by atoms with E-state index in [9.17, 15) is 14.0 Å². The SMILES string of the molecule is CC[C@H](C)NC(=O)[C@@H](Cc1ccccc1)N(Cc1ccc(C)cc1)C(=O)Cc1ccc(F)cc1. The van der Waals surface area contributed by atoms with E-state index in [2.05, 4.69) is 5.32 Å². The molecule has 0 aromatic heterocycles. The highest BCUT2D eigenvalue weighted by Gasteiger charge is 2.31. The Morgan fingerprint density at radius 2 is 1.50 bits per heavy atom. The number of halogens is 1. The van der Waals surface area contributed by atoms with Crippen LogP contribution < -0.4 is 5.32 Å². The summed E-state index contributed by atoms with van der Waals surface area (Å²) in [7, 11) is 0. The van der Waals surface area contributed by atoms with Gasteiger partial charge in [-0.25, -0.2) is 4.39 Å². The molecular weight excluding hydrogens is 427 g/mol. The topological polar surface area (TPSA) is 49.4 Å². The van der Waals surface area contributed by atoms with Gasteiger partial charge in [-0.15, -0.1) is 0 Å². The van der Waals surface area contributed by atoms with Crippen molar-refractivity contribution in [2.24, 2.45) is 0 Å². The maximum atomic E-state index is 13.6. The smallest absolute Gasteiger partial charge is 0.243 e. The maximum absolute atomic E-state index is 13.6. The summed E-state index contributed by atoms with van der Waals surface area (Å²) in [5.74, 6) is -0.687. The molecule has 2 atom stereocenters. The van der Waals surface area contributed by atoms with Gasteiger partial charge in [0.05, 0.1) is 6.42 Å². The Balaban J connectivity index is 1.95. The monoisotopic (exact) mass is 460 g/mol. The van der Waals surface area contributed by atoms with Crippen LogP contribution in [0.5, 0.6) is 0 Å². The van der Waals surface area contributed by atoms with Crippen molar-refractivity contribution in [2.75, 3.05) is 0 Å². The first kappa shape index (κ1) is 25.2. The molecule has 1 N–H and O–H groups in total. The number of rotatable bonds is 10. The lowest BCUT2D eigenvalue weighted by atomic mass is 10.0. The number of carbonyl (C=O) groups excluding carboxylic acids is 2. The second kappa shape index (κ2) is 12.1. The molecule has 4 nitrogen and oxygen atoms in total. The normalized spacial score (nSPS) is 12.6. The van der Waals surface area contributed by atoms with Crippen LogP contribution in [0, 0.1) is 12.7 Å². The number of hydrogen-bond acceptors (Lipinski definition) is 2. The second-order valence-electron chi connectivity index (χ2n) is 8.83. The van der Waals surface area contributed by atoms with Crippen LogP contribution in [0.1, 0.15) is 42.5 Å². The third-order valence-electron chi connectivity index (χ3n) is 6.01. The van der Waals surface area contributed by atoms with E-state index in [1.807, 2.05) is 75.4 Å². The van der Waals surface area contributed by atoms with Crippen molar-refractivity contribution in [3.05, 3.63) is 107 Å². The van der Waals surface area contributed by atoms with Gasteiger partial charge in [0, 0.05) is 19.0 Å². The molecule has 0 radical (unpaired) electrons. The lowest BCUT2D eigenvalue weighted by Crippen LogP contribution is -2.52. The summed E-state index contributed by atoms with van der Waals surface area (Å²) in [5, 5.41) is 3.07. The molecule has 3 aromatic rings. The molecule has 0 aliphatic rings. The Morgan fingerprint density at radius 3 is 2.12 bits per heavy atom. The van der Waals surface area contributed by atoms with Crippen LogP contribution >= 0.6 is 0 Å². The van der Waals surface area contributed by atoms with Gasteiger partial charge in [0.25, 0.3) is 0 Å². The standard InChI is InChI=1S/C29H33FN2O2/c1-4-22(3)31-29(34)27(18-23-8-6-5-7-9-23)32(20-25-12-10-21(2)11-13-25)28(33)19-24-14-16-26(30)17-15-24/h5-17,22,27H,4,18-20H2,1-3H3,(H,31,34)/t22-,27+/m0/s1. The molecule has 3 rings (SSSR count). The molecule has 3 aromatic carbocycles. The largest absolute Gasteiger partial charge is 0.352 e. The minimum absolute atomic E-state index is 0.000742. The molecule has 0 bridgehead atoms. The van der Waals surface area contributed by atoms with Crippen molar-refractivity contribution < 1.29 is 14.0 Å².